The van der Waals surface area contributed by atoms with Crippen LogP contribution in [0.3, 0.4) is 0 Å². The quantitative estimate of drug-likeness (QED) is 0.431. The maximum absolute atomic E-state index is 12.6. The van der Waals surface area contributed by atoms with Crippen LogP contribution in [0.5, 0.6) is 11.5 Å². The van der Waals surface area contributed by atoms with Crippen LogP contribution in [0.2, 0.25) is 0 Å². The van der Waals surface area contributed by atoms with E-state index in [-0.39, 0.29) is 12.7 Å². The predicted molar refractivity (Wildman–Crippen MR) is 126 cm³/mol. The Morgan fingerprint density at radius 2 is 1.71 bits per heavy atom. The van der Waals surface area contributed by atoms with E-state index < -0.39 is 11.9 Å². The maximum atomic E-state index is 12.6. The highest BCUT2D eigenvalue weighted by molar-refractivity contribution is 6.27. The lowest BCUT2D eigenvalue weighted by Gasteiger charge is -2.31. The molecule has 0 bridgehead atoms. The van der Waals surface area contributed by atoms with Crippen LogP contribution in [-0.4, -0.2) is 62.4 Å². The zero-order valence-corrected chi connectivity index (χ0v) is 18.9. The van der Waals surface area contributed by atoms with Crippen LogP contribution in [0.4, 0.5) is 0 Å². The average molecular weight is 479 g/mol. The average Bonchev–Trinajstić information content (AvgIpc) is 3.50. The van der Waals surface area contributed by atoms with Crippen molar-refractivity contribution < 1.29 is 34.1 Å². The van der Waals surface area contributed by atoms with Crippen molar-refractivity contribution in [3.8, 4) is 11.5 Å². The van der Waals surface area contributed by atoms with Crippen molar-refractivity contribution in [2.24, 2.45) is 5.92 Å². The van der Waals surface area contributed by atoms with Crippen LogP contribution >= 0.6 is 0 Å². The molecule has 10 heteroatoms. The first-order chi connectivity index (χ1) is 16.9. The number of hydrogen-bond donors (Lipinski definition) is 2. The summed E-state index contributed by atoms with van der Waals surface area (Å²) in [6.07, 6.45) is 7.44. The highest BCUT2D eigenvalue weighted by Gasteiger charge is 2.22. The lowest BCUT2D eigenvalue weighted by atomic mass is 9.96. The molecule has 0 radical (unpaired) electrons. The Balaban J connectivity index is 0.000000431. The molecule has 2 aliphatic rings. The highest BCUT2D eigenvalue weighted by atomic mass is 16.7. The fraction of sp³-hybridized carbons (Fsp3) is 0.280. The Hall–Kier alpha value is -4.34. The molecule has 2 N–H and O–H groups in total. The first-order valence-electron chi connectivity index (χ1n) is 11.1. The van der Waals surface area contributed by atoms with Gasteiger partial charge in [-0.2, -0.15) is 0 Å². The van der Waals surface area contributed by atoms with Gasteiger partial charge in [-0.3, -0.25) is 4.79 Å². The number of aliphatic carboxylic acids is 2. The minimum Gasteiger partial charge on any atom is -0.473 e. The molecule has 0 spiro atoms. The molecule has 0 atom stereocenters. The molecule has 1 saturated heterocycles. The zero-order valence-electron chi connectivity index (χ0n) is 18.9. The van der Waals surface area contributed by atoms with E-state index in [9.17, 15) is 4.79 Å². The minimum atomic E-state index is -1.82. The number of hydrogen-bond acceptors (Lipinski definition) is 6. The summed E-state index contributed by atoms with van der Waals surface area (Å²) in [6, 6.07) is 13.9. The number of likely N-dealkylation sites (tertiary alicyclic amines) is 1. The van der Waals surface area contributed by atoms with Gasteiger partial charge < -0.3 is 29.2 Å². The van der Waals surface area contributed by atoms with Crippen LogP contribution in [0.15, 0.2) is 54.9 Å². The van der Waals surface area contributed by atoms with Gasteiger partial charge in [0.1, 0.15) is 0 Å². The SMILES string of the molecule is O=C(C=Cc1ccc2c(c1)OCO2)N1CCC(Cn2cnc3ccccc32)CC1.O=C(O)C(=O)O. The van der Waals surface area contributed by atoms with E-state index in [1.54, 1.807) is 6.08 Å². The van der Waals surface area contributed by atoms with Crippen molar-refractivity contribution in [3.05, 3.63) is 60.4 Å². The summed E-state index contributed by atoms with van der Waals surface area (Å²) >= 11 is 0. The summed E-state index contributed by atoms with van der Waals surface area (Å²) in [6.45, 7) is 2.80. The summed E-state index contributed by atoms with van der Waals surface area (Å²) in [5, 5.41) is 14.8. The number of ether oxygens (including phenoxy) is 2. The van der Waals surface area contributed by atoms with Crippen molar-refractivity contribution in [1.82, 2.24) is 14.5 Å². The standard InChI is InChI=1S/C23H23N3O3.C2H2O4/c27-23(8-6-17-5-7-21-22(13-17)29-16-28-21)25-11-9-18(10-12-25)14-26-15-24-19-3-1-2-4-20(19)26;3-1(4)2(5)6/h1-8,13,15,18H,9-12,14,16H2;(H,3,4)(H,5,6). The minimum absolute atomic E-state index is 0.0641. The molecule has 1 fully saturated rings. The highest BCUT2D eigenvalue weighted by Crippen LogP contribution is 2.32. The summed E-state index contributed by atoms with van der Waals surface area (Å²) < 4.78 is 12.9. The lowest BCUT2D eigenvalue weighted by Crippen LogP contribution is -2.38. The third kappa shape index (κ3) is 5.97. The second-order valence-electron chi connectivity index (χ2n) is 8.21. The number of aromatic nitrogens is 2. The van der Waals surface area contributed by atoms with Gasteiger partial charge in [0.2, 0.25) is 12.7 Å². The summed E-state index contributed by atoms with van der Waals surface area (Å²) in [5.41, 5.74) is 3.15. The summed E-state index contributed by atoms with van der Waals surface area (Å²) in [4.78, 5) is 37.2. The van der Waals surface area contributed by atoms with E-state index in [0.717, 1.165) is 55.1 Å². The number of rotatable bonds is 4. The monoisotopic (exact) mass is 479 g/mol. The summed E-state index contributed by atoms with van der Waals surface area (Å²) in [7, 11) is 0. The van der Waals surface area contributed by atoms with Gasteiger partial charge in [-0.15, -0.1) is 0 Å². The van der Waals surface area contributed by atoms with Gasteiger partial charge in [0.25, 0.3) is 0 Å². The molecule has 2 aliphatic heterocycles. The van der Waals surface area contributed by atoms with Crippen molar-refractivity contribution in [1.29, 1.82) is 0 Å². The number of piperidine rings is 1. The number of benzene rings is 2. The molecule has 0 saturated carbocycles. The molecule has 0 aliphatic carbocycles. The molecule has 182 valence electrons. The third-order valence-electron chi connectivity index (χ3n) is 5.91. The maximum Gasteiger partial charge on any atom is 0.414 e. The molecule has 3 heterocycles. The van der Waals surface area contributed by atoms with E-state index in [4.69, 9.17) is 29.3 Å². The Bertz CT molecular complexity index is 1250. The van der Waals surface area contributed by atoms with Crippen LogP contribution in [-0.2, 0) is 20.9 Å². The van der Waals surface area contributed by atoms with Gasteiger partial charge in [-0.25, -0.2) is 14.6 Å². The van der Waals surface area contributed by atoms with Gasteiger partial charge >= 0.3 is 11.9 Å². The number of amides is 1. The van der Waals surface area contributed by atoms with Crippen molar-refractivity contribution in [2.75, 3.05) is 19.9 Å². The molecular formula is C25H25N3O7. The molecule has 0 unspecified atom stereocenters. The second-order valence-corrected chi connectivity index (χ2v) is 8.21. The fourth-order valence-corrected chi connectivity index (χ4v) is 4.06. The fourth-order valence-electron chi connectivity index (χ4n) is 4.06. The van der Waals surface area contributed by atoms with Crippen LogP contribution in [0.25, 0.3) is 17.1 Å². The van der Waals surface area contributed by atoms with Crippen LogP contribution < -0.4 is 9.47 Å². The van der Waals surface area contributed by atoms with Gasteiger partial charge in [-0.1, -0.05) is 18.2 Å². The van der Waals surface area contributed by atoms with E-state index in [2.05, 4.69) is 15.6 Å². The van der Waals surface area contributed by atoms with Crippen LogP contribution in [0, 0.1) is 5.92 Å². The number of carboxylic acid groups (broad SMARTS) is 2. The lowest BCUT2D eigenvalue weighted by molar-refractivity contribution is -0.159. The third-order valence-corrected chi connectivity index (χ3v) is 5.91. The Labute approximate surface area is 201 Å². The van der Waals surface area contributed by atoms with E-state index >= 15 is 0 Å². The summed E-state index contributed by atoms with van der Waals surface area (Å²) in [5.74, 6) is -1.54. The second kappa shape index (κ2) is 10.7. The van der Waals surface area contributed by atoms with E-state index in [0.29, 0.717) is 5.92 Å². The van der Waals surface area contributed by atoms with Gasteiger partial charge in [0.15, 0.2) is 11.5 Å². The number of carbonyl (C=O) groups excluding carboxylic acids is 1. The Kier molecular flexibility index (Phi) is 7.30. The van der Waals surface area contributed by atoms with E-state index in [1.807, 2.05) is 53.7 Å². The van der Waals surface area contributed by atoms with Gasteiger partial charge in [-0.05, 0) is 54.7 Å². The van der Waals surface area contributed by atoms with Gasteiger partial charge in [0.05, 0.1) is 17.4 Å². The molecular weight excluding hydrogens is 454 g/mol. The first-order valence-corrected chi connectivity index (χ1v) is 11.1. The number of fused-ring (bicyclic) bond motifs is 2. The normalized spacial score (nSPS) is 15.1. The molecule has 10 nitrogen and oxygen atoms in total. The first kappa shape index (κ1) is 23.8. The van der Waals surface area contributed by atoms with Crippen molar-refractivity contribution >= 4 is 35.0 Å². The Morgan fingerprint density at radius 3 is 2.46 bits per heavy atom. The molecule has 5 rings (SSSR count). The van der Waals surface area contributed by atoms with Gasteiger partial charge in [0, 0.05) is 25.7 Å². The number of carboxylic acids is 2. The number of carbonyl (C=O) groups is 3. The molecule has 1 aromatic heterocycles. The van der Waals surface area contributed by atoms with Crippen molar-refractivity contribution in [3.63, 3.8) is 0 Å². The van der Waals surface area contributed by atoms with E-state index in [1.165, 1.54) is 5.52 Å². The number of para-hydroxylation sites is 2. The number of imidazole rings is 1. The molecule has 2 aromatic carbocycles. The largest absolute Gasteiger partial charge is 0.473 e. The predicted octanol–water partition coefficient (Wildman–Crippen LogP) is 2.87. The number of nitrogens with zero attached hydrogens (tertiary/aromatic N) is 3. The molecule has 1 amide bonds. The molecule has 35 heavy (non-hydrogen) atoms. The smallest absolute Gasteiger partial charge is 0.414 e. The molecule has 3 aromatic rings. The Morgan fingerprint density at radius 1 is 1.00 bits per heavy atom. The topological polar surface area (TPSA) is 131 Å². The zero-order chi connectivity index (χ0) is 24.8. The van der Waals surface area contributed by atoms with Crippen molar-refractivity contribution in [2.45, 2.75) is 19.4 Å². The van der Waals surface area contributed by atoms with Crippen LogP contribution in [0.1, 0.15) is 18.4 Å².